The van der Waals surface area contributed by atoms with Crippen molar-refractivity contribution in [1.29, 1.82) is 0 Å². The lowest BCUT2D eigenvalue weighted by Gasteiger charge is -2.43. The standard InChI is InChI=1S/C30H35F5N2O10/c1-6-19-7-9-20(10-8-19)11-22-27(30(33,34)35)37(21(12-31)13-32)36-28(22)47-29-26(45-18(5)41)25(44-17(4)40)24(43-16(3)39)23(46-29)14-42-15(2)38/h7-10,21,23-26,29H,6,11-14H2,1-5H3. The highest BCUT2D eigenvalue weighted by Crippen LogP contribution is 2.41. The van der Waals surface area contributed by atoms with Gasteiger partial charge in [0.25, 0.3) is 0 Å². The molecule has 17 heteroatoms. The van der Waals surface area contributed by atoms with Crippen molar-refractivity contribution in [3.63, 3.8) is 0 Å². The van der Waals surface area contributed by atoms with E-state index < -0.39 is 110 Å². The lowest BCUT2D eigenvalue weighted by molar-refractivity contribution is -0.289. The van der Waals surface area contributed by atoms with E-state index in [0.29, 0.717) is 12.0 Å². The van der Waals surface area contributed by atoms with Crippen LogP contribution in [0, 0.1) is 0 Å². The van der Waals surface area contributed by atoms with Gasteiger partial charge in [0, 0.05) is 34.1 Å². The molecule has 1 aromatic carbocycles. The summed E-state index contributed by atoms with van der Waals surface area (Å²) in [5.41, 5.74) is -0.889. The number of hydrogen-bond donors (Lipinski definition) is 0. The predicted octanol–water partition coefficient (Wildman–Crippen LogP) is 4.00. The largest absolute Gasteiger partial charge is 0.463 e. The second-order valence-corrected chi connectivity index (χ2v) is 10.6. The van der Waals surface area contributed by atoms with Crippen molar-refractivity contribution in [1.82, 2.24) is 9.78 Å². The van der Waals surface area contributed by atoms with Crippen molar-refractivity contribution in [2.24, 2.45) is 0 Å². The van der Waals surface area contributed by atoms with Crippen LogP contribution in [0.5, 0.6) is 5.88 Å². The maximum Gasteiger partial charge on any atom is 0.433 e. The van der Waals surface area contributed by atoms with E-state index in [9.17, 15) is 41.1 Å². The summed E-state index contributed by atoms with van der Waals surface area (Å²) in [5, 5.41) is 3.80. The van der Waals surface area contributed by atoms with Gasteiger partial charge in [0.05, 0.1) is 5.56 Å². The zero-order valence-corrected chi connectivity index (χ0v) is 26.2. The van der Waals surface area contributed by atoms with E-state index in [1.807, 2.05) is 6.92 Å². The Bertz CT molecular complexity index is 1410. The number of nitrogens with zero attached hydrogens (tertiary/aromatic N) is 2. The molecular weight excluding hydrogens is 643 g/mol. The summed E-state index contributed by atoms with van der Waals surface area (Å²) in [5.74, 6) is -4.45. The number of hydrogen-bond acceptors (Lipinski definition) is 11. The minimum Gasteiger partial charge on any atom is -0.463 e. The lowest BCUT2D eigenvalue weighted by atomic mass is 9.98. The van der Waals surface area contributed by atoms with E-state index in [0.717, 1.165) is 33.3 Å². The monoisotopic (exact) mass is 678 g/mol. The van der Waals surface area contributed by atoms with Crippen molar-refractivity contribution < 1.29 is 69.6 Å². The maximum absolute atomic E-state index is 14.6. The van der Waals surface area contributed by atoms with Crippen LogP contribution in [-0.2, 0) is 61.9 Å². The van der Waals surface area contributed by atoms with E-state index in [1.165, 1.54) is 0 Å². The zero-order chi connectivity index (χ0) is 35.1. The van der Waals surface area contributed by atoms with Gasteiger partial charge in [-0.25, -0.2) is 13.5 Å². The highest BCUT2D eigenvalue weighted by molar-refractivity contribution is 5.68. The van der Waals surface area contributed by atoms with Gasteiger partial charge in [-0.3, -0.25) is 19.2 Å². The minimum absolute atomic E-state index is 0.135. The number of ether oxygens (including phenoxy) is 6. The van der Waals surface area contributed by atoms with Crippen LogP contribution in [-0.4, -0.2) is 84.3 Å². The Balaban J connectivity index is 2.23. The fourth-order valence-electron chi connectivity index (χ4n) is 4.93. The highest BCUT2D eigenvalue weighted by Gasteiger charge is 2.54. The van der Waals surface area contributed by atoms with Crippen LogP contribution in [0.25, 0.3) is 0 Å². The molecule has 0 bridgehead atoms. The van der Waals surface area contributed by atoms with Gasteiger partial charge in [0.1, 0.15) is 32.1 Å². The van der Waals surface area contributed by atoms with Crippen LogP contribution in [0.4, 0.5) is 22.0 Å². The van der Waals surface area contributed by atoms with Gasteiger partial charge < -0.3 is 28.4 Å². The quantitative estimate of drug-likeness (QED) is 0.173. The van der Waals surface area contributed by atoms with Gasteiger partial charge in [0.15, 0.2) is 17.9 Å². The predicted molar refractivity (Wildman–Crippen MR) is 149 cm³/mol. The molecule has 3 rings (SSSR count). The minimum atomic E-state index is -5.18. The van der Waals surface area contributed by atoms with Crippen molar-refractivity contribution in [2.75, 3.05) is 20.0 Å². The van der Waals surface area contributed by atoms with Gasteiger partial charge in [-0.1, -0.05) is 31.2 Å². The van der Waals surface area contributed by atoms with Gasteiger partial charge in [-0.15, -0.1) is 5.10 Å². The molecule has 12 nitrogen and oxygen atoms in total. The number of rotatable bonds is 13. The first-order valence-corrected chi connectivity index (χ1v) is 14.4. The van der Waals surface area contributed by atoms with Crippen LogP contribution in [0.1, 0.15) is 63.0 Å². The van der Waals surface area contributed by atoms with Gasteiger partial charge in [-0.2, -0.15) is 13.2 Å². The number of carbonyl (C=O) groups excluding carboxylic acids is 4. The van der Waals surface area contributed by atoms with Crippen LogP contribution < -0.4 is 4.74 Å². The van der Waals surface area contributed by atoms with Crippen molar-refractivity contribution in [3.05, 3.63) is 46.6 Å². The van der Waals surface area contributed by atoms with Crippen molar-refractivity contribution in [2.45, 2.75) is 90.4 Å². The second kappa shape index (κ2) is 16.0. The Kier molecular flexibility index (Phi) is 12.7. The first-order valence-electron chi connectivity index (χ1n) is 14.4. The van der Waals surface area contributed by atoms with E-state index in [-0.39, 0.29) is 4.68 Å². The number of carbonyl (C=O) groups is 4. The molecule has 1 aliphatic rings. The molecule has 5 atom stereocenters. The number of halogens is 5. The first kappa shape index (κ1) is 37.2. The Morgan fingerprint density at radius 1 is 0.851 bits per heavy atom. The average Bonchev–Trinajstić information content (AvgIpc) is 3.33. The molecule has 2 aromatic rings. The third-order valence-corrected chi connectivity index (χ3v) is 6.93. The van der Waals surface area contributed by atoms with Crippen LogP contribution in [0.3, 0.4) is 0 Å². The summed E-state index contributed by atoms with van der Waals surface area (Å²) in [4.78, 5) is 47.9. The fourth-order valence-corrected chi connectivity index (χ4v) is 4.93. The third kappa shape index (κ3) is 9.62. The smallest absolute Gasteiger partial charge is 0.433 e. The molecule has 0 aliphatic carbocycles. The fraction of sp³-hybridized carbons (Fsp3) is 0.567. The third-order valence-electron chi connectivity index (χ3n) is 6.93. The Labute approximate surface area is 266 Å². The Hall–Kier alpha value is -4.28. The lowest BCUT2D eigenvalue weighted by Crippen LogP contribution is -2.63. The summed E-state index contributed by atoms with van der Waals surface area (Å²) in [6.45, 7) is 2.15. The SMILES string of the molecule is CCc1ccc(Cc2c(OC3OC(COC(C)=O)C(OC(C)=O)C(OC(C)=O)C3OC(C)=O)nn(C(CF)CF)c2C(F)(F)F)cc1. The summed E-state index contributed by atoms with van der Waals surface area (Å²) in [7, 11) is 0. The molecule has 1 aliphatic heterocycles. The average molecular weight is 679 g/mol. The summed E-state index contributed by atoms with van der Waals surface area (Å²) in [6.07, 6.45) is -13.5. The number of esters is 4. The molecule has 260 valence electrons. The zero-order valence-electron chi connectivity index (χ0n) is 26.2. The van der Waals surface area contributed by atoms with E-state index in [2.05, 4.69) is 5.10 Å². The van der Waals surface area contributed by atoms with Gasteiger partial charge in [0.2, 0.25) is 18.3 Å². The van der Waals surface area contributed by atoms with Crippen LogP contribution in [0.15, 0.2) is 24.3 Å². The number of benzene rings is 1. The highest BCUT2D eigenvalue weighted by atomic mass is 19.4. The molecular formula is C30H35F5N2O10. The van der Waals surface area contributed by atoms with E-state index in [4.69, 9.17) is 28.4 Å². The van der Waals surface area contributed by atoms with Gasteiger partial charge in [-0.05, 0) is 17.5 Å². The maximum atomic E-state index is 14.6. The molecule has 0 radical (unpaired) electrons. The number of aromatic nitrogens is 2. The van der Waals surface area contributed by atoms with E-state index >= 15 is 0 Å². The molecule has 0 spiro atoms. The molecule has 47 heavy (non-hydrogen) atoms. The van der Waals surface area contributed by atoms with Crippen LogP contribution >= 0.6 is 0 Å². The molecule has 1 fully saturated rings. The molecule has 2 heterocycles. The first-order chi connectivity index (χ1) is 22.1. The molecule has 0 N–H and O–H groups in total. The molecule has 1 aromatic heterocycles. The Morgan fingerprint density at radius 3 is 1.87 bits per heavy atom. The topological polar surface area (TPSA) is 141 Å². The summed E-state index contributed by atoms with van der Waals surface area (Å²) < 4.78 is 104. The summed E-state index contributed by atoms with van der Waals surface area (Å²) >= 11 is 0. The van der Waals surface area contributed by atoms with Crippen molar-refractivity contribution in [3.8, 4) is 5.88 Å². The molecule has 1 saturated heterocycles. The second-order valence-electron chi connectivity index (χ2n) is 10.6. The number of aryl methyl sites for hydroxylation is 1. The normalized spacial score (nSPS) is 21.2. The summed E-state index contributed by atoms with van der Waals surface area (Å²) in [6, 6.07) is 4.53. The van der Waals surface area contributed by atoms with Gasteiger partial charge >= 0.3 is 30.1 Å². The number of alkyl halides is 5. The Morgan fingerprint density at radius 2 is 1.38 bits per heavy atom. The van der Waals surface area contributed by atoms with E-state index in [1.54, 1.807) is 24.3 Å². The van der Waals surface area contributed by atoms with Crippen LogP contribution in [0.2, 0.25) is 0 Å². The molecule has 0 saturated carbocycles. The molecule has 5 unspecified atom stereocenters. The molecule has 0 amide bonds. The van der Waals surface area contributed by atoms with Crippen molar-refractivity contribution >= 4 is 23.9 Å².